The lowest BCUT2D eigenvalue weighted by atomic mass is 10.1. The molecule has 3 rings (SSSR count). The van der Waals surface area contributed by atoms with E-state index in [2.05, 4.69) is 0 Å². The predicted molar refractivity (Wildman–Crippen MR) is 76.6 cm³/mol. The van der Waals surface area contributed by atoms with Crippen molar-refractivity contribution in [2.24, 2.45) is 0 Å². The van der Waals surface area contributed by atoms with Crippen LogP contribution < -0.4 is 10.5 Å². The van der Waals surface area contributed by atoms with E-state index in [0.717, 1.165) is 5.56 Å². The van der Waals surface area contributed by atoms with Crippen LogP contribution in [0.25, 0.3) is 0 Å². The van der Waals surface area contributed by atoms with Gasteiger partial charge in [0.2, 0.25) is 0 Å². The summed E-state index contributed by atoms with van der Waals surface area (Å²) in [6, 6.07) is 8.16. The molecule has 0 bridgehead atoms. The molecule has 2 aromatic rings. The molecule has 21 heavy (non-hydrogen) atoms. The van der Waals surface area contributed by atoms with Gasteiger partial charge in [0.25, 0.3) is 0 Å². The van der Waals surface area contributed by atoms with E-state index in [0.29, 0.717) is 17.1 Å². The molecule has 0 radical (unpaired) electrons. The number of hydrogen-bond donors (Lipinski definition) is 1. The number of rotatable bonds is 3. The van der Waals surface area contributed by atoms with Gasteiger partial charge in [-0.2, -0.15) is 0 Å². The molecule has 1 heterocycles. The van der Waals surface area contributed by atoms with E-state index in [1.165, 1.54) is 30.3 Å². The second-order valence-electron chi connectivity index (χ2n) is 4.93. The summed E-state index contributed by atoms with van der Waals surface area (Å²) in [5.74, 6) is -0.0237. The Hall–Kier alpha value is -1.95. The zero-order chi connectivity index (χ0) is 15.0. The summed E-state index contributed by atoms with van der Waals surface area (Å²) in [4.78, 5) is 0.332. The van der Waals surface area contributed by atoms with Crippen LogP contribution in [0.5, 0.6) is 5.75 Å². The van der Waals surface area contributed by atoms with Crippen molar-refractivity contribution >= 4 is 16.5 Å². The van der Waals surface area contributed by atoms with Gasteiger partial charge in [-0.1, -0.05) is 0 Å². The van der Waals surface area contributed by atoms with Crippen molar-refractivity contribution in [3.8, 4) is 5.75 Å². The molecular formula is C15H13F2NO2S. The van der Waals surface area contributed by atoms with Crippen molar-refractivity contribution in [3.05, 3.63) is 53.6 Å². The van der Waals surface area contributed by atoms with Gasteiger partial charge < -0.3 is 10.5 Å². The Morgan fingerprint density at radius 2 is 2.00 bits per heavy atom. The second-order valence-corrected chi connectivity index (χ2v) is 6.42. The molecule has 2 atom stereocenters. The number of benzene rings is 2. The van der Waals surface area contributed by atoms with Crippen LogP contribution in [0.2, 0.25) is 0 Å². The highest BCUT2D eigenvalue weighted by molar-refractivity contribution is 7.85. The molecule has 0 fully saturated rings. The molecule has 6 heteroatoms. The lowest BCUT2D eigenvalue weighted by molar-refractivity contribution is 0.258. The third-order valence-electron chi connectivity index (χ3n) is 3.26. The standard InChI is InChI=1S/C15H13F2NO2S/c16-10-1-2-15-9(3-10)4-13(20-15)8-21(19)14-6-11(17)5-12(18)7-14/h1-3,5-7,13H,4,8,18H2. The van der Waals surface area contributed by atoms with Gasteiger partial charge >= 0.3 is 0 Å². The summed E-state index contributed by atoms with van der Waals surface area (Å²) in [6.45, 7) is 0. The predicted octanol–water partition coefficient (Wildman–Crippen LogP) is 2.66. The number of hydrogen-bond acceptors (Lipinski definition) is 3. The normalized spacial score (nSPS) is 18.1. The number of halogens is 2. The quantitative estimate of drug-likeness (QED) is 0.887. The molecule has 2 N–H and O–H groups in total. The maximum atomic E-state index is 13.3. The van der Waals surface area contributed by atoms with Gasteiger partial charge in [0.05, 0.1) is 16.6 Å². The third kappa shape index (κ3) is 3.05. The SMILES string of the molecule is Nc1cc(F)cc(S(=O)CC2Cc3cc(F)ccc3O2)c1. The van der Waals surface area contributed by atoms with Crippen LogP contribution in [0.15, 0.2) is 41.3 Å². The van der Waals surface area contributed by atoms with Crippen molar-refractivity contribution < 1.29 is 17.7 Å². The molecule has 2 aromatic carbocycles. The minimum Gasteiger partial charge on any atom is -0.489 e. The van der Waals surface area contributed by atoms with Crippen LogP contribution in [0.1, 0.15) is 5.56 Å². The highest BCUT2D eigenvalue weighted by Gasteiger charge is 2.25. The molecule has 0 amide bonds. The van der Waals surface area contributed by atoms with Crippen molar-refractivity contribution in [2.75, 3.05) is 11.5 Å². The summed E-state index contributed by atoms with van der Waals surface area (Å²) in [5, 5.41) is 0. The Bertz CT molecular complexity index is 701. The zero-order valence-corrected chi connectivity index (χ0v) is 11.8. The number of anilines is 1. The summed E-state index contributed by atoms with van der Waals surface area (Å²) in [7, 11) is -1.43. The van der Waals surface area contributed by atoms with E-state index in [-0.39, 0.29) is 23.4 Å². The average Bonchev–Trinajstić information content (AvgIpc) is 2.78. The Labute approximate surface area is 123 Å². The highest BCUT2D eigenvalue weighted by atomic mass is 32.2. The van der Waals surface area contributed by atoms with Crippen LogP contribution in [0.3, 0.4) is 0 Å². The smallest absolute Gasteiger partial charge is 0.126 e. The van der Waals surface area contributed by atoms with Crippen LogP contribution in [0.4, 0.5) is 14.5 Å². The number of nitrogen functional groups attached to an aromatic ring is 1. The molecule has 0 saturated carbocycles. The van der Waals surface area contributed by atoms with Gasteiger partial charge in [0.1, 0.15) is 23.5 Å². The van der Waals surface area contributed by atoms with Gasteiger partial charge in [0.15, 0.2) is 0 Å². The van der Waals surface area contributed by atoms with Crippen molar-refractivity contribution in [1.29, 1.82) is 0 Å². The summed E-state index contributed by atoms with van der Waals surface area (Å²) >= 11 is 0. The fraction of sp³-hybridized carbons (Fsp3) is 0.200. The Kier molecular flexibility index (Phi) is 3.63. The first-order chi connectivity index (χ1) is 10.0. The van der Waals surface area contributed by atoms with E-state index in [1.54, 1.807) is 6.07 Å². The first-order valence-electron chi connectivity index (χ1n) is 6.41. The summed E-state index contributed by atoms with van der Waals surface area (Å²) in [6.07, 6.45) is 0.177. The Morgan fingerprint density at radius 1 is 1.19 bits per heavy atom. The summed E-state index contributed by atoms with van der Waals surface area (Å²) in [5.41, 5.74) is 6.54. The monoisotopic (exact) mass is 309 g/mol. The van der Waals surface area contributed by atoms with E-state index >= 15 is 0 Å². The fourth-order valence-electron chi connectivity index (χ4n) is 2.36. The molecule has 0 aromatic heterocycles. The van der Waals surface area contributed by atoms with Crippen LogP contribution in [-0.2, 0) is 17.2 Å². The van der Waals surface area contributed by atoms with Crippen molar-refractivity contribution in [3.63, 3.8) is 0 Å². The number of ether oxygens (including phenoxy) is 1. The van der Waals surface area contributed by atoms with Crippen molar-refractivity contribution in [2.45, 2.75) is 17.4 Å². The third-order valence-corrected chi connectivity index (χ3v) is 4.69. The van der Waals surface area contributed by atoms with Gasteiger partial charge in [-0.15, -0.1) is 0 Å². The van der Waals surface area contributed by atoms with Crippen LogP contribution >= 0.6 is 0 Å². The highest BCUT2D eigenvalue weighted by Crippen LogP contribution is 2.30. The minimum atomic E-state index is -1.43. The Balaban J connectivity index is 1.72. The van der Waals surface area contributed by atoms with E-state index < -0.39 is 16.6 Å². The fourth-order valence-corrected chi connectivity index (χ4v) is 3.59. The van der Waals surface area contributed by atoms with Crippen LogP contribution in [-0.4, -0.2) is 16.1 Å². The molecule has 0 saturated heterocycles. The van der Waals surface area contributed by atoms with Crippen molar-refractivity contribution in [1.82, 2.24) is 0 Å². The molecule has 1 aliphatic rings. The van der Waals surface area contributed by atoms with E-state index in [4.69, 9.17) is 10.5 Å². The van der Waals surface area contributed by atoms with Gasteiger partial charge in [-0.3, -0.25) is 4.21 Å². The first-order valence-corrected chi connectivity index (χ1v) is 7.72. The maximum absolute atomic E-state index is 13.3. The second kappa shape index (κ2) is 5.44. The minimum absolute atomic E-state index is 0.208. The maximum Gasteiger partial charge on any atom is 0.126 e. The van der Waals surface area contributed by atoms with Crippen LogP contribution in [0, 0.1) is 11.6 Å². The molecule has 1 aliphatic heterocycles. The molecule has 2 unspecified atom stereocenters. The topological polar surface area (TPSA) is 52.3 Å². The number of nitrogens with two attached hydrogens (primary N) is 1. The average molecular weight is 309 g/mol. The first kappa shape index (κ1) is 14.0. The molecule has 3 nitrogen and oxygen atoms in total. The zero-order valence-electron chi connectivity index (χ0n) is 11.0. The molecular weight excluding hydrogens is 296 g/mol. The molecule has 0 aliphatic carbocycles. The lowest BCUT2D eigenvalue weighted by Crippen LogP contribution is -2.21. The molecule has 110 valence electrons. The van der Waals surface area contributed by atoms with E-state index in [9.17, 15) is 13.0 Å². The molecule has 0 spiro atoms. The summed E-state index contributed by atoms with van der Waals surface area (Å²) < 4.78 is 44.3. The van der Waals surface area contributed by atoms with E-state index in [1.807, 2.05) is 0 Å². The largest absolute Gasteiger partial charge is 0.489 e. The van der Waals surface area contributed by atoms with Gasteiger partial charge in [-0.05, 0) is 36.4 Å². The Morgan fingerprint density at radius 3 is 2.76 bits per heavy atom. The lowest BCUT2D eigenvalue weighted by Gasteiger charge is -2.10. The van der Waals surface area contributed by atoms with Gasteiger partial charge in [-0.25, -0.2) is 8.78 Å². The van der Waals surface area contributed by atoms with Gasteiger partial charge in [0, 0.05) is 22.6 Å². The number of fused-ring (bicyclic) bond motifs is 1.